The maximum Gasteiger partial charge on any atom is 0.246 e. The molecule has 1 amide bonds. The number of amides is 1. The normalized spacial score (nSPS) is 18.0. The molecular weight excluding hydrogens is 296 g/mol. The average Bonchev–Trinajstić information content (AvgIpc) is 2.99. The second kappa shape index (κ2) is 6.72. The van der Waals surface area contributed by atoms with Crippen molar-refractivity contribution in [2.75, 3.05) is 18.0 Å². The Kier molecular flexibility index (Phi) is 4.50. The Morgan fingerprint density at radius 2 is 2.26 bits per heavy atom. The number of anilines is 1. The van der Waals surface area contributed by atoms with Crippen LogP contribution in [0.4, 0.5) is 5.82 Å². The molecule has 0 spiro atoms. The van der Waals surface area contributed by atoms with Crippen molar-refractivity contribution in [2.24, 2.45) is 5.92 Å². The van der Waals surface area contributed by atoms with Gasteiger partial charge in [0.25, 0.3) is 0 Å². The molecule has 0 radical (unpaired) electrons. The first-order chi connectivity index (χ1) is 11.1. The van der Waals surface area contributed by atoms with Gasteiger partial charge in [-0.05, 0) is 38.8 Å². The number of rotatable bonds is 4. The zero-order valence-electron chi connectivity index (χ0n) is 13.3. The molecule has 23 heavy (non-hydrogen) atoms. The van der Waals surface area contributed by atoms with Gasteiger partial charge in [0, 0.05) is 13.1 Å². The molecule has 1 aliphatic rings. The fourth-order valence-electron chi connectivity index (χ4n) is 2.68. The van der Waals surface area contributed by atoms with Gasteiger partial charge in [-0.1, -0.05) is 5.16 Å². The molecule has 2 aromatic rings. The molecule has 3 rings (SSSR count). The van der Waals surface area contributed by atoms with E-state index in [-0.39, 0.29) is 18.4 Å². The Morgan fingerprint density at radius 3 is 2.96 bits per heavy atom. The summed E-state index contributed by atoms with van der Waals surface area (Å²) in [5.74, 6) is 1.74. The van der Waals surface area contributed by atoms with E-state index in [1.807, 2.05) is 19.1 Å². The number of nitrogens with one attached hydrogen (secondary N) is 1. The quantitative estimate of drug-likeness (QED) is 0.899. The summed E-state index contributed by atoms with van der Waals surface area (Å²) in [6, 6.07) is 3.88. The van der Waals surface area contributed by atoms with Gasteiger partial charge in [0.1, 0.15) is 0 Å². The molecule has 8 heteroatoms. The van der Waals surface area contributed by atoms with Crippen LogP contribution in [0.5, 0.6) is 0 Å². The summed E-state index contributed by atoms with van der Waals surface area (Å²) in [6.07, 6.45) is 1.82. The standard InChI is InChI=1S/C15H20N6O2/c1-10-5-6-13(19-18-10)21-7-3-4-12(9-21)15(22)16-8-14-17-11(2)20-23-14/h5-6,12H,3-4,7-9H2,1-2H3,(H,16,22). The van der Waals surface area contributed by atoms with E-state index in [9.17, 15) is 4.79 Å². The summed E-state index contributed by atoms with van der Waals surface area (Å²) >= 11 is 0. The number of aromatic nitrogens is 4. The molecule has 1 aliphatic heterocycles. The minimum Gasteiger partial charge on any atom is -0.354 e. The fourth-order valence-corrected chi connectivity index (χ4v) is 2.68. The summed E-state index contributed by atoms with van der Waals surface area (Å²) in [5.41, 5.74) is 0.884. The minimum atomic E-state index is -0.0733. The summed E-state index contributed by atoms with van der Waals surface area (Å²) in [5, 5.41) is 14.9. The first-order valence-electron chi connectivity index (χ1n) is 7.74. The second-order valence-corrected chi connectivity index (χ2v) is 5.77. The molecule has 8 nitrogen and oxygen atoms in total. The topological polar surface area (TPSA) is 97.0 Å². The molecule has 1 N–H and O–H groups in total. The third kappa shape index (κ3) is 3.82. The number of nitrogens with zero attached hydrogens (tertiary/aromatic N) is 5. The van der Waals surface area contributed by atoms with Crippen molar-refractivity contribution in [1.29, 1.82) is 0 Å². The Labute approximate surface area is 134 Å². The average molecular weight is 316 g/mol. The molecule has 122 valence electrons. The zero-order valence-corrected chi connectivity index (χ0v) is 13.3. The Bertz CT molecular complexity index is 669. The van der Waals surface area contributed by atoms with Crippen LogP contribution in [0.1, 0.15) is 30.3 Å². The summed E-state index contributed by atoms with van der Waals surface area (Å²) in [6.45, 7) is 5.45. The molecule has 0 saturated carbocycles. The molecule has 0 aliphatic carbocycles. The van der Waals surface area contributed by atoms with Crippen LogP contribution in [0, 0.1) is 19.8 Å². The highest BCUT2D eigenvalue weighted by Gasteiger charge is 2.26. The molecule has 3 heterocycles. The van der Waals surface area contributed by atoms with Gasteiger partial charge in [-0.3, -0.25) is 4.79 Å². The number of hydrogen-bond donors (Lipinski definition) is 1. The molecule has 1 saturated heterocycles. The van der Waals surface area contributed by atoms with Crippen molar-refractivity contribution in [2.45, 2.75) is 33.2 Å². The summed E-state index contributed by atoms with van der Waals surface area (Å²) in [7, 11) is 0. The number of carbonyl (C=O) groups excluding carboxylic acids is 1. The maximum absolute atomic E-state index is 12.3. The van der Waals surface area contributed by atoms with E-state index in [1.165, 1.54) is 0 Å². The molecule has 2 aromatic heterocycles. The van der Waals surface area contributed by atoms with Crippen molar-refractivity contribution >= 4 is 11.7 Å². The predicted octanol–water partition coefficient (Wildman–Crippen LogP) is 1.01. The smallest absolute Gasteiger partial charge is 0.246 e. The van der Waals surface area contributed by atoms with Crippen LogP contribution in [0.3, 0.4) is 0 Å². The number of piperidine rings is 1. The Hall–Kier alpha value is -2.51. The molecular formula is C15H20N6O2. The van der Waals surface area contributed by atoms with Crippen LogP contribution >= 0.6 is 0 Å². The van der Waals surface area contributed by atoms with Crippen LogP contribution < -0.4 is 10.2 Å². The van der Waals surface area contributed by atoms with Crippen LogP contribution in [-0.4, -0.2) is 39.3 Å². The third-order valence-corrected chi connectivity index (χ3v) is 3.88. The van der Waals surface area contributed by atoms with Crippen molar-refractivity contribution < 1.29 is 9.32 Å². The van der Waals surface area contributed by atoms with Gasteiger partial charge in [-0.25, -0.2) is 0 Å². The molecule has 0 aromatic carbocycles. The van der Waals surface area contributed by atoms with E-state index in [2.05, 4.69) is 30.6 Å². The van der Waals surface area contributed by atoms with Gasteiger partial charge in [-0.15, -0.1) is 5.10 Å². The Morgan fingerprint density at radius 1 is 1.39 bits per heavy atom. The lowest BCUT2D eigenvalue weighted by Gasteiger charge is -2.32. The maximum atomic E-state index is 12.3. The first-order valence-corrected chi connectivity index (χ1v) is 7.74. The van der Waals surface area contributed by atoms with E-state index < -0.39 is 0 Å². The molecule has 0 bridgehead atoms. The lowest BCUT2D eigenvalue weighted by molar-refractivity contribution is -0.125. The van der Waals surface area contributed by atoms with Gasteiger partial charge < -0.3 is 14.7 Å². The van der Waals surface area contributed by atoms with Gasteiger partial charge in [0.15, 0.2) is 11.6 Å². The Balaban J connectivity index is 1.57. The highest BCUT2D eigenvalue weighted by molar-refractivity contribution is 5.79. The molecule has 1 unspecified atom stereocenters. The first kappa shape index (κ1) is 15.4. The van der Waals surface area contributed by atoms with E-state index in [0.29, 0.717) is 18.3 Å². The fraction of sp³-hybridized carbons (Fsp3) is 0.533. The van der Waals surface area contributed by atoms with Gasteiger partial charge in [0.05, 0.1) is 18.2 Å². The molecule has 1 fully saturated rings. The van der Waals surface area contributed by atoms with Crippen LogP contribution in [0.25, 0.3) is 0 Å². The largest absolute Gasteiger partial charge is 0.354 e. The zero-order chi connectivity index (χ0) is 16.2. The van der Waals surface area contributed by atoms with Gasteiger partial charge >= 0.3 is 0 Å². The third-order valence-electron chi connectivity index (χ3n) is 3.88. The van der Waals surface area contributed by atoms with Crippen molar-refractivity contribution in [3.8, 4) is 0 Å². The number of carbonyl (C=O) groups is 1. The lowest BCUT2D eigenvalue weighted by Crippen LogP contribution is -2.43. The van der Waals surface area contributed by atoms with Crippen molar-refractivity contribution in [3.05, 3.63) is 29.5 Å². The lowest BCUT2D eigenvalue weighted by atomic mass is 9.97. The van der Waals surface area contributed by atoms with Crippen LogP contribution in [0.15, 0.2) is 16.7 Å². The summed E-state index contributed by atoms with van der Waals surface area (Å²) < 4.78 is 5.00. The number of aryl methyl sites for hydroxylation is 2. The highest BCUT2D eigenvalue weighted by atomic mass is 16.5. The predicted molar refractivity (Wildman–Crippen MR) is 82.6 cm³/mol. The summed E-state index contributed by atoms with van der Waals surface area (Å²) in [4.78, 5) is 18.5. The van der Waals surface area contributed by atoms with Gasteiger partial charge in [0.2, 0.25) is 11.8 Å². The van der Waals surface area contributed by atoms with Crippen molar-refractivity contribution in [1.82, 2.24) is 25.7 Å². The SMILES string of the molecule is Cc1ccc(N2CCCC(C(=O)NCc3nc(C)no3)C2)nn1. The van der Waals surface area contributed by atoms with Gasteiger partial charge in [-0.2, -0.15) is 10.1 Å². The van der Waals surface area contributed by atoms with E-state index in [4.69, 9.17) is 4.52 Å². The van der Waals surface area contributed by atoms with Crippen LogP contribution in [0.2, 0.25) is 0 Å². The van der Waals surface area contributed by atoms with E-state index >= 15 is 0 Å². The monoisotopic (exact) mass is 316 g/mol. The number of hydrogen-bond acceptors (Lipinski definition) is 7. The van der Waals surface area contributed by atoms with E-state index in [1.54, 1.807) is 6.92 Å². The molecule has 1 atom stereocenters. The highest BCUT2D eigenvalue weighted by Crippen LogP contribution is 2.21. The van der Waals surface area contributed by atoms with Crippen LogP contribution in [-0.2, 0) is 11.3 Å². The van der Waals surface area contributed by atoms with E-state index in [0.717, 1.165) is 30.9 Å². The minimum absolute atomic E-state index is 0.00521. The second-order valence-electron chi connectivity index (χ2n) is 5.77. The van der Waals surface area contributed by atoms with Crippen molar-refractivity contribution in [3.63, 3.8) is 0 Å².